The predicted octanol–water partition coefficient (Wildman–Crippen LogP) is 1.82. The van der Waals surface area contributed by atoms with E-state index in [0.29, 0.717) is 12.1 Å². The van der Waals surface area contributed by atoms with Crippen LogP contribution >= 0.6 is 0 Å². The number of Topliss-reactive ketones (excluding diaryl/α,β-unsaturated/α-hetero) is 1. The molecule has 66 valence electrons. The Kier molecular flexibility index (Phi) is 1.76. The molecule has 2 rings (SSSR count). The topological polar surface area (TPSA) is 40.9 Å². The van der Waals surface area contributed by atoms with E-state index in [9.17, 15) is 4.79 Å². The minimum atomic E-state index is -0.197. The van der Waals surface area contributed by atoms with Crippen LogP contribution in [0.1, 0.15) is 18.1 Å². The van der Waals surface area contributed by atoms with Gasteiger partial charge in [-0.2, -0.15) is 0 Å². The molecule has 1 unspecified atom stereocenters. The third-order valence-electron chi connectivity index (χ3n) is 2.57. The number of rotatable bonds is 1. The van der Waals surface area contributed by atoms with Gasteiger partial charge in [-0.15, -0.1) is 0 Å². The van der Waals surface area contributed by atoms with Crippen LogP contribution in [-0.4, -0.2) is 11.5 Å². The highest BCUT2D eigenvalue weighted by atomic mass is 16.1. The Balaban J connectivity index is 2.44. The molecule has 1 aliphatic rings. The second kappa shape index (κ2) is 2.80. The van der Waals surface area contributed by atoms with Crippen LogP contribution in [0, 0.1) is 11.3 Å². The van der Waals surface area contributed by atoms with Crippen LogP contribution in [0.4, 0.5) is 0 Å². The van der Waals surface area contributed by atoms with E-state index in [2.05, 4.69) is 0 Å². The number of nitrogens with one attached hydrogen (secondary N) is 1. The maximum absolute atomic E-state index is 11.2. The summed E-state index contributed by atoms with van der Waals surface area (Å²) < 4.78 is 0. The number of benzene rings is 1. The largest absolute Gasteiger partial charge is 0.304 e. The summed E-state index contributed by atoms with van der Waals surface area (Å²) in [6.45, 7) is 1.56. The van der Waals surface area contributed by atoms with Crippen LogP contribution in [0.15, 0.2) is 24.3 Å². The molecule has 0 radical (unpaired) electrons. The first-order valence-electron chi connectivity index (χ1n) is 4.37. The van der Waals surface area contributed by atoms with Gasteiger partial charge in [0.15, 0.2) is 0 Å². The summed E-state index contributed by atoms with van der Waals surface area (Å²) in [5.41, 5.74) is 2.57. The number of carbonyl (C=O) groups excluding carboxylic acids is 1. The monoisotopic (exact) mass is 173 g/mol. The molecule has 0 saturated carbocycles. The highest BCUT2D eigenvalue weighted by Gasteiger charge is 2.29. The van der Waals surface area contributed by atoms with Gasteiger partial charge in [0, 0.05) is 5.71 Å². The normalized spacial score (nSPS) is 20.1. The van der Waals surface area contributed by atoms with Crippen LogP contribution in [0.25, 0.3) is 0 Å². The number of hydrogen-bond acceptors (Lipinski definition) is 2. The van der Waals surface area contributed by atoms with E-state index in [4.69, 9.17) is 5.41 Å². The Morgan fingerprint density at radius 1 is 1.46 bits per heavy atom. The van der Waals surface area contributed by atoms with Gasteiger partial charge in [-0.25, -0.2) is 0 Å². The Labute approximate surface area is 77.1 Å². The van der Waals surface area contributed by atoms with Gasteiger partial charge in [0.05, 0.1) is 5.92 Å². The zero-order valence-corrected chi connectivity index (χ0v) is 7.50. The lowest BCUT2D eigenvalue weighted by Crippen LogP contribution is -2.17. The highest BCUT2D eigenvalue weighted by molar-refractivity contribution is 6.14. The first-order chi connectivity index (χ1) is 6.20. The summed E-state index contributed by atoms with van der Waals surface area (Å²) in [6.07, 6.45) is 0.713. The maximum atomic E-state index is 11.2. The second-order valence-electron chi connectivity index (χ2n) is 3.44. The predicted molar refractivity (Wildman–Crippen MR) is 51.1 cm³/mol. The molecule has 1 aromatic rings. The number of hydrogen-bond donors (Lipinski definition) is 1. The van der Waals surface area contributed by atoms with Crippen molar-refractivity contribution in [1.29, 1.82) is 5.41 Å². The van der Waals surface area contributed by atoms with Crippen molar-refractivity contribution in [2.75, 3.05) is 0 Å². The Hall–Kier alpha value is -1.44. The number of ketones is 1. The van der Waals surface area contributed by atoms with Crippen molar-refractivity contribution in [3.8, 4) is 0 Å². The fraction of sp³-hybridized carbons (Fsp3) is 0.273. The molecule has 13 heavy (non-hydrogen) atoms. The lowest BCUT2D eigenvalue weighted by atomic mass is 10.0. The molecule has 0 bridgehead atoms. The molecular weight excluding hydrogens is 162 g/mol. The van der Waals surface area contributed by atoms with Crippen molar-refractivity contribution < 1.29 is 4.79 Å². The Morgan fingerprint density at radius 3 is 2.77 bits per heavy atom. The van der Waals surface area contributed by atoms with Gasteiger partial charge >= 0.3 is 0 Å². The van der Waals surface area contributed by atoms with Crippen molar-refractivity contribution in [3.63, 3.8) is 0 Å². The van der Waals surface area contributed by atoms with Crippen LogP contribution in [0.5, 0.6) is 0 Å². The van der Waals surface area contributed by atoms with E-state index in [1.165, 1.54) is 0 Å². The highest BCUT2D eigenvalue weighted by Crippen LogP contribution is 2.26. The molecule has 1 aromatic carbocycles. The van der Waals surface area contributed by atoms with E-state index in [1.807, 2.05) is 24.3 Å². The zero-order chi connectivity index (χ0) is 9.42. The summed E-state index contributed by atoms with van der Waals surface area (Å²) >= 11 is 0. The van der Waals surface area contributed by atoms with Gasteiger partial charge < -0.3 is 5.41 Å². The molecule has 0 amide bonds. The van der Waals surface area contributed by atoms with Crippen molar-refractivity contribution in [3.05, 3.63) is 35.4 Å². The van der Waals surface area contributed by atoms with Gasteiger partial charge in [0.1, 0.15) is 5.78 Å². The molecule has 0 heterocycles. The molecular formula is C11H11NO. The fourth-order valence-corrected chi connectivity index (χ4v) is 1.82. The minimum absolute atomic E-state index is 0.0983. The quantitative estimate of drug-likeness (QED) is 0.691. The molecule has 2 heteroatoms. The summed E-state index contributed by atoms with van der Waals surface area (Å²) in [7, 11) is 0. The number of fused-ring (bicyclic) bond motifs is 1. The Morgan fingerprint density at radius 2 is 2.15 bits per heavy atom. The van der Waals surface area contributed by atoms with E-state index < -0.39 is 0 Å². The summed E-state index contributed by atoms with van der Waals surface area (Å²) in [4.78, 5) is 11.2. The van der Waals surface area contributed by atoms with Crippen molar-refractivity contribution in [1.82, 2.24) is 0 Å². The van der Waals surface area contributed by atoms with Gasteiger partial charge in [-0.1, -0.05) is 24.3 Å². The first kappa shape index (κ1) is 8.17. The van der Waals surface area contributed by atoms with E-state index in [0.717, 1.165) is 11.1 Å². The molecule has 0 aliphatic heterocycles. The summed E-state index contributed by atoms with van der Waals surface area (Å²) in [5, 5.41) is 7.80. The molecule has 1 N–H and O–H groups in total. The SMILES string of the molecule is CC(=O)C1Cc2ccccc2C1=N. The average molecular weight is 173 g/mol. The third kappa shape index (κ3) is 1.18. The van der Waals surface area contributed by atoms with Gasteiger partial charge in [0.2, 0.25) is 0 Å². The third-order valence-corrected chi connectivity index (χ3v) is 2.57. The summed E-state index contributed by atoms with van der Waals surface area (Å²) in [5.74, 6) is -0.0985. The van der Waals surface area contributed by atoms with Crippen LogP contribution in [-0.2, 0) is 11.2 Å². The molecule has 0 fully saturated rings. The molecule has 2 nitrogen and oxygen atoms in total. The maximum Gasteiger partial charge on any atom is 0.139 e. The molecule has 0 saturated heterocycles. The molecule has 1 aliphatic carbocycles. The number of carbonyl (C=O) groups is 1. The summed E-state index contributed by atoms with van der Waals surface area (Å²) in [6, 6.07) is 7.78. The second-order valence-corrected chi connectivity index (χ2v) is 3.44. The standard InChI is InChI=1S/C11H11NO/c1-7(13)10-6-8-4-2-3-5-9(8)11(10)12/h2-5,10,12H,6H2,1H3. The lowest BCUT2D eigenvalue weighted by molar-refractivity contribution is -0.118. The van der Waals surface area contributed by atoms with Crippen molar-refractivity contribution in [2.24, 2.45) is 5.92 Å². The molecule has 0 aromatic heterocycles. The van der Waals surface area contributed by atoms with E-state index in [-0.39, 0.29) is 11.7 Å². The average Bonchev–Trinajstić information content (AvgIpc) is 2.45. The van der Waals surface area contributed by atoms with Crippen LogP contribution in [0.2, 0.25) is 0 Å². The molecule has 1 atom stereocenters. The van der Waals surface area contributed by atoms with Gasteiger partial charge in [0.25, 0.3) is 0 Å². The van der Waals surface area contributed by atoms with E-state index in [1.54, 1.807) is 6.92 Å². The first-order valence-corrected chi connectivity index (χ1v) is 4.37. The van der Waals surface area contributed by atoms with Gasteiger partial charge in [-0.3, -0.25) is 4.79 Å². The Bertz CT molecular complexity index is 381. The van der Waals surface area contributed by atoms with Crippen LogP contribution in [0.3, 0.4) is 0 Å². The fourth-order valence-electron chi connectivity index (χ4n) is 1.82. The van der Waals surface area contributed by atoms with E-state index >= 15 is 0 Å². The van der Waals surface area contributed by atoms with Crippen molar-refractivity contribution in [2.45, 2.75) is 13.3 Å². The minimum Gasteiger partial charge on any atom is -0.304 e. The smallest absolute Gasteiger partial charge is 0.139 e. The lowest BCUT2D eigenvalue weighted by Gasteiger charge is -2.02. The van der Waals surface area contributed by atoms with Gasteiger partial charge in [-0.05, 0) is 24.5 Å². The van der Waals surface area contributed by atoms with Crippen molar-refractivity contribution >= 4 is 11.5 Å². The zero-order valence-electron chi connectivity index (χ0n) is 7.50. The molecule has 0 spiro atoms. The van der Waals surface area contributed by atoms with Crippen LogP contribution < -0.4 is 0 Å².